The minimum atomic E-state index is -0.365. The number of carbonyl (C=O) groups is 2. The maximum Gasteiger partial charge on any atom is 0.319 e. The second-order valence-corrected chi connectivity index (χ2v) is 7.54. The van der Waals surface area contributed by atoms with Crippen molar-refractivity contribution in [3.63, 3.8) is 0 Å². The SMILES string of the molecule is O=C(NCCOc1ccc(Cl)cc1)Nc1cccc(C(=O)N2CCc3ccccc32)c1. The highest BCUT2D eigenvalue weighted by Gasteiger charge is 2.25. The zero-order chi connectivity index (χ0) is 21.6. The van der Waals surface area contributed by atoms with Crippen molar-refractivity contribution in [2.24, 2.45) is 0 Å². The summed E-state index contributed by atoms with van der Waals surface area (Å²) in [7, 11) is 0. The summed E-state index contributed by atoms with van der Waals surface area (Å²) in [4.78, 5) is 26.9. The fourth-order valence-corrected chi connectivity index (χ4v) is 3.60. The van der Waals surface area contributed by atoms with E-state index in [1.54, 1.807) is 53.4 Å². The van der Waals surface area contributed by atoms with Crippen molar-refractivity contribution in [1.82, 2.24) is 5.32 Å². The van der Waals surface area contributed by atoms with Gasteiger partial charge in [0.1, 0.15) is 12.4 Å². The molecule has 0 radical (unpaired) electrons. The van der Waals surface area contributed by atoms with Gasteiger partial charge in [-0.15, -0.1) is 0 Å². The van der Waals surface area contributed by atoms with Gasteiger partial charge in [0.05, 0.1) is 6.54 Å². The van der Waals surface area contributed by atoms with Crippen LogP contribution in [-0.2, 0) is 6.42 Å². The maximum absolute atomic E-state index is 13.0. The van der Waals surface area contributed by atoms with E-state index in [1.165, 1.54) is 5.56 Å². The van der Waals surface area contributed by atoms with Gasteiger partial charge in [-0.3, -0.25) is 4.79 Å². The van der Waals surface area contributed by atoms with Crippen molar-refractivity contribution in [2.75, 3.05) is 29.9 Å². The van der Waals surface area contributed by atoms with Crippen molar-refractivity contribution in [2.45, 2.75) is 6.42 Å². The Morgan fingerprint density at radius 3 is 2.65 bits per heavy atom. The predicted molar refractivity (Wildman–Crippen MR) is 122 cm³/mol. The molecule has 3 amide bonds. The molecule has 0 fully saturated rings. The number of nitrogens with one attached hydrogen (secondary N) is 2. The molecule has 1 aliphatic heterocycles. The molecule has 0 saturated heterocycles. The number of rotatable bonds is 6. The van der Waals surface area contributed by atoms with Crippen molar-refractivity contribution >= 4 is 34.9 Å². The number of fused-ring (bicyclic) bond motifs is 1. The van der Waals surface area contributed by atoms with Gasteiger partial charge in [-0.25, -0.2) is 4.79 Å². The third-order valence-electron chi connectivity index (χ3n) is 4.97. The minimum Gasteiger partial charge on any atom is -0.492 e. The van der Waals surface area contributed by atoms with E-state index >= 15 is 0 Å². The van der Waals surface area contributed by atoms with Gasteiger partial charge in [0.2, 0.25) is 0 Å². The topological polar surface area (TPSA) is 70.7 Å². The van der Waals surface area contributed by atoms with E-state index in [0.29, 0.717) is 41.7 Å². The first-order valence-electron chi connectivity index (χ1n) is 10.0. The molecular formula is C24H22ClN3O3. The number of hydrogen-bond acceptors (Lipinski definition) is 3. The zero-order valence-corrected chi connectivity index (χ0v) is 17.6. The molecule has 3 aromatic rings. The van der Waals surface area contributed by atoms with Crippen LogP contribution in [0.2, 0.25) is 5.02 Å². The fourth-order valence-electron chi connectivity index (χ4n) is 3.47. The number of anilines is 2. The molecule has 0 unspecified atom stereocenters. The maximum atomic E-state index is 13.0. The van der Waals surface area contributed by atoms with Gasteiger partial charge >= 0.3 is 6.03 Å². The molecule has 0 atom stereocenters. The van der Waals surface area contributed by atoms with Crippen molar-refractivity contribution in [3.8, 4) is 5.75 Å². The number of nitrogens with zero attached hydrogens (tertiary/aromatic N) is 1. The number of ether oxygens (including phenoxy) is 1. The van der Waals surface area contributed by atoms with Gasteiger partial charge in [-0.05, 0) is 60.5 Å². The number of amides is 3. The van der Waals surface area contributed by atoms with Gasteiger partial charge in [0.25, 0.3) is 5.91 Å². The summed E-state index contributed by atoms with van der Waals surface area (Å²) in [6, 6.07) is 21.5. The Bertz CT molecular complexity index is 1090. The van der Waals surface area contributed by atoms with E-state index in [2.05, 4.69) is 10.6 Å². The highest BCUT2D eigenvalue weighted by atomic mass is 35.5. The van der Waals surface area contributed by atoms with E-state index < -0.39 is 0 Å². The molecule has 1 aliphatic rings. The molecule has 0 spiro atoms. The van der Waals surface area contributed by atoms with Crippen LogP contribution >= 0.6 is 11.6 Å². The normalized spacial score (nSPS) is 12.2. The van der Waals surface area contributed by atoms with Crippen LogP contribution in [0.25, 0.3) is 0 Å². The number of halogens is 1. The fraction of sp³-hybridized carbons (Fsp3) is 0.167. The van der Waals surface area contributed by atoms with Crippen molar-refractivity contribution in [3.05, 3.63) is 88.9 Å². The largest absolute Gasteiger partial charge is 0.492 e. The highest BCUT2D eigenvalue weighted by Crippen LogP contribution is 2.29. The zero-order valence-electron chi connectivity index (χ0n) is 16.8. The quantitative estimate of drug-likeness (QED) is 0.549. The third-order valence-corrected chi connectivity index (χ3v) is 5.22. The first kappa shape index (κ1) is 20.8. The smallest absolute Gasteiger partial charge is 0.319 e. The summed E-state index contributed by atoms with van der Waals surface area (Å²) in [5.74, 6) is 0.603. The van der Waals surface area contributed by atoms with E-state index in [0.717, 1.165) is 12.1 Å². The summed E-state index contributed by atoms with van der Waals surface area (Å²) < 4.78 is 5.55. The summed E-state index contributed by atoms with van der Waals surface area (Å²) in [5.41, 5.74) is 3.20. The van der Waals surface area contributed by atoms with Crippen LogP contribution in [0.1, 0.15) is 15.9 Å². The van der Waals surface area contributed by atoms with Crippen LogP contribution in [0.4, 0.5) is 16.2 Å². The van der Waals surface area contributed by atoms with Crippen LogP contribution < -0.4 is 20.3 Å². The summed E-state index contributed by atoms with van der Waals surface area (Å²) in [6.07, 6.45) is 0.848. The second-order valence-electron chi connectivity index (χ2n) is 7.10. The molecule has 0 aromatic heterocycles. The number of carbonyl (C=O) groups excluding carboxylic acids is 2. The van der Waals surface area contributed by atoms with Crippen molar-refractivity contribution < 1.29 is 14.3 Å². The number of urea groups is 1. The average Bonchev–Trinajstić information content (AvgIpc) is 3.22. The van der Waals surface area contributed by atoms with E-state index in [9.17, 15) is 9.59 Å². The lowest BCUT2D eigenvalue weighted by atomic mass is 10.1. The lowest BCUT2D eigenvalue weighted by Crippen LogP contribution is -2.32. The minimum absolute atomic E-state index is 0.0784. The molecule has 0 aliphatic carbocycles. The molecule has 158 valence electrons. The molecule has 7 heteroatoms. The van der Waals surface area contributed by atoms with Gasteiger partial charge in [0.15, 0.2) is 0 Å². The van der Waals surface area contributed by atoms with Crippen LogP contribution in [0, 0.1) is 0 Å². The Balaban J connectivity index is 1.29. The van der Waals surface area contributed by atoms with Gasteiger partial charge in [0, 0.05) is 28.5 Å². The molecule has 3 aromatic carbocycles. The summed E-state index contributed by atoms with van der Waals surface area (Å²) >= 11 is 5.84. The molecular weight excluding hydrogens is 414 g/mol. The Labute approximate surface area is 185 Å². The van der Waals surface area contributed by atoms with E-state index in [4.69, 9.17) is 16.3 Å². The lowest BCUT2D eigenvalue weighted by molar-refractivity contribution is 0.0989. The van der Waals surface area contributed by atoms with Crippen LogP contribution in [0.5, 0.6) is 5.75 Å². The molecule has 2 N–H and O–H groups in total. The van der Waals surface area contributed by atoms with Crippen LogP contribution in [0.3, 0.4) is 0 Å². The molecule has 31 heavy (non-hydrogen) atoms. The molecule has 0 bridgehead atoms. The van der Waals surface area contributed by atoms with Gasteiger partial charge < -0.3 is 20.3 Å². The first-order chi connectivity index (χ1) is 15.1. The number of para-hydroxylation sites is 1. The van der Waals surface area contributed by atoms with E-state index in [-0.39, 0.29) is 11.9 Å². The predicted octanol–water partition coefficient (Wildman–Crippen LogP) is 4.74. The highest BCUT2D eigenvalue weighted by molar-refractivity contribution is 6.30. The Kier molecular flexibility index (Phi) is 6.38. The van der Waals surface area contributed by atoms with Gasteiger partial charge in [-0.2, -0.15) is 0 Å². The molecule has 6 nitrogen and oxygen atoms in total. The summed E-state index contributed by atoms with van der Waals surface area (Å²) in [6.45, 7) is 1.31. The Morgan fingerprint density at radius 2 is 1.81 bits per heavy atom. The molecule has 0 saturated carbocycles. The van der Waals surface area contributed by atoms with Gasteiger partial charge in [-0.1, -0.05) is 35.9 Å². The standard InChI is InChI=1S/C24H22ClN3O3/c25-19-8-10-21(11-9-19)31-15-13-26-24(30)27-20-6-3-5-18(16-20)23(29)28-14-12-17-4-1-2-7-22(17)28/h1-11,16H,12-15H2,(H2,26,27,30). The lowest BCUT2D eigenvalue weighted by Gasteiger charge is -2.18. The molecule has 1 heterocycles. The third kappa shape index (κ3) is 5.16. The van der Waals surface area contributed by atoms with Crippen LogP contribution in [-0.4, -0.2) is 31.6 Å². The second kappa shape index (κ2) is 9.53. The average molecular weight is 436 g/mol. The Morgan fingerprint density at radius 1 is 1.00 bits per heavy atom. The number of benzene rings is 3. The summed E-state index contributed by atoms with van der Waals surface area (Å²) in [5, 5.41) is 6.13. The van der Waals surface area contributed by atoms with Crippen molar-refractivity contribution in [1.29, 1.82) is 0 Å². The monoisotopic (exact) mass is 435 g/mol. The number of hydrogen-bond donors (Lipinski definition) is 2. The Hall–Kier alpha value is -3.51. The first-order valence-corrected chi connectivity index (χ1v) is 10.4. The van der Waals surface area contributed by atoms with E-state index in [1.807, 2.05) is 24.3 Å². The molecule has 4 rings (SSSR count). The van der Waals surface area contributed by atoms with Crippen LogP contribution in [0.15, 0.2) is 72.8 Å².